The lowest BCUT2D eigenvalue weighted by Crippen LogP contribution is -2.52. The average Bonchev–Trinajstić information content (AvgIpc) is 2.41. The van der Waals surface area contributed by atoms with Crippen LogP contribution in [0.1, 0.15) is 65.2 Å². The van der Waals surface area contributed by atoms with Gasteiger partial charge in [-0.1, -0.05) is 26.7 Å². The summed E-state index contributed by atoms with van der Waals surface area (Å²) in [7, 11) is 0. The van der Waals surface area contributed by atoms with Crippen molar-refractivity contribution in [3.05, 3.63) is 0 Å². The lowest BCUT2D eigenvalue weighted by molar-refractivity contribution is 0.0975. The van der Waals surface area contributed by atoms with Crippen molar-refractivity contribution in [2.24, 2.45) is 17.8 Å². The monoisotopic (exact) mass is 253 g/mol. The molecular weight excluding hydrogens is 222 g/mol. The summed E-state index contributed by atoms with van der Waals surface area (Å²) in [6.45, 7) is 6.16. The SMILES string of the molecule is CC1CCC(CNC2(CO)CCC(C)CC2)CC1. The lowest BCUT2D eigenvalue weighted by Gasteiger charge is -2.40. The third-order valence-electron chi connectivity index (χ3n) is 5.44. The molecule has 0 aromatic rings. The van der Waals surface area contributed by atoms with Crippen LogP contribution in [0.4, 0.5) is 0 Å². The topological polar surface area (TPSA) is 32.3 Å². The number of rotatable bonds is 4. The molecule has 0 amide bonds. The first-order valence-corrected chi connectivity index (χ1v) is 7.99. The van der Waals surface area contributed by atoms with Crippen LogP contribution in [0.5, 0.6) is 0 Å². The molecule has 2 saturated carbocycles. The van der Waals surface area contributed by atoms with Gasteiger partial charge in [0, 0.05) is 5.54 Å². The van der Waals surface area contributed by atoms with Gasteiger partial charge in [-0.05, 0) is 62.8 Å². The molecule has 2 rings (SSSR count). The Kier molecular flexibility index (Phi) is 5.08. The van der Waals surface area contributed by atoms with Gasteiger partial charge in [-0.2, -0.15) is 0 Å². The summed E-state index contributed by atoms with van der Waals surface area (Å²) >= 11 is 0. The molecule has 0 saturated heterocycles. The van der Waals surface area contributed by atoms with Gasteiger partial charge >= 0.3 is 0 Å². The highest BCUT2D eigenvalue weighted by Crippen LogP contribution is 2.33. The van der Waals surface area contributed by atoms with Gasteiger partial charge in [0.05, 0.1) is 6.61 Å². The highest BCUT2D eigenvalue weighted by atomic mass is 16.3. The minimum absolute atomic E-state index is 0.0512. The largest absolute Gasteiger partial charge is 0.394 e. The first-order chi connectivity index (χ1) is 8.63. The molecule has 0 bridgehead atoms. The van der Waals surface area contributed by atoms with E-state index in [-0.39, 0.29) is 5.54 Å². The van der Waals surface area contributed by atoms with Crippen LogP contribution >= 0.6 is 0 Å². The van der Waals surface area contributed by atoms with Gasteiger partial charge in [0.2, 0.25) is 0 Å². The van der Waals surface area contributed by atoms with Gasteiger partial charge in [-0.25, -0.2) is 0 Å². The van der Waals surface area contributed by atoms with Crippen LogP contribution in [0.2, 0.25) is 0 Å². The fourth-order valence-electron chi connectivity index (χ4n) is 3.60. The van der Waals surface area contributed by atoms with Crippen molar-refractivity contribution >= 4 is 0 Å². The van der Waals surface area contributed by atoms with Gasteiger partial charge in [0.1, 0.15) is 0 Å². The molecule has 2 heteroatoms. The normalized spacial score (nSPS) is 41.8. The quantitative estimate of drug-likeness (QED) is 0.805. The molecule has 0 radical (unpaired) electrons. The molecular formula is C16H31NO. The zero-order chi connectivity index (χ0) is 13.0. The first-order valence-electron chi connectivity index (χ1n) is 7.99. The van der Waals surface area contributed by atoms with Crippen LogP contribution in [0.25, 0.3) is 0 Å². The van der Waals surface area contributed by atoms with E-state index in [1.807, 2.05) is 0 Å². The van der Waals surface area contributed by atoms with Gasteiger partial charge in [-0.15, -0.1) is 0 Å². The number of aliphatic hydroxyl groups excluding tert-OH is 1. The zero-order valence-electron chi connectivity index (χ0n) is 12.3. The van der Waals surface area contributed by atoms with Crippen molar-refractivity contribution in [2.45, 2.75) is 70.8 Å². The van der Waals surface area contributed by atoms with Crippen molar-refractivity contribution in [3.63, 3.8) is 0 Å². The molecule has 0 aromatic carbocycles. The molecule has 2 aliphatic rings. The summed E-state index contributed by atoms with van der Waals surface area (Å²) in [6, 6.07) is 0. The summed E-state index contributed by atoms with van der Waals surface area (Å²) in [5.74, 6) is 2.63. The number of nitrogens with one attached hydrogen (secondary N) is 1. The summed E-state index contributed by atoms with van der Waals surface area (Å²) in [5.41, 5.74) is 0.0512. The molecule has 106 valence electrons. The van der Waals surface area contributed by atoms with E-state index in [1.54, 1.807) is 0 Å². The van der Waals surface area contributed by atoms with Crippen LogP contribution in [0, 0.1) is 17.8 Å². The van der Waals surface area contributed by atoms with Crippen LogP contribution in [0.3, 0.4) is 0 Å². The molecule has 0 spiro atoms. The maximum atomic E-state index is 9.74. The minimum Gasteiger partial charge on any atom is -0.394 e. The zero-order valence-corrected chi connectivity index (χ0v) is 12.3. The average molecular weight is 253 g/mol. The van der Waals surface area contributed by atoms with E-state index in [1.165, 1.54) is 38.5 Å². The van der Waals surface area contributed by atoms with E-state index >= 15 is 0 Å². The van der Waals surface area contributed by atoms with E-state index in [0.717, 1.165) is 37.1 Å². The maximum absolute atomic E-state index is 9.74. The number of hydrogen-bond donors (Lipinski definition) is 2. The Morgan fingerprint density at radius 1 is 0.944 bits per heavy atom. The predicted octanol–water partition coefficient (Wildman–Crippen LogP) is 3.34. The van der Waals surface area contributed by atoms with Gasteiger partial charge in [-0.3, -0.25) is 0 Å². The second kappa shape index (κ2) is 6.38. The molecule has 0 aliphatic heterocycles. The van der Waals surface area contributed by atoms with E-state index in [4.69, 9.17) is 0 Å². The highest BCUT2D eigenvalue weighted by Gasteiger charge is 2.33. The van der Waals surface area contributed by atoms with Gasteiger partial charge < -0.3 is 10.4 Å². The highest BCUT2D eigenvalue weighted by molar-refractivity contribution is 4.92. The Bertz CT molecular complexity index is 237. The summed E-state index contributed by atoms with van der Waals surface area (Å²) in [4.78, 5) is 0. The Labute approximate surface area is 113 Å². The molecule has 0 atom stereocenters. The molecule has 0 heterocycles. The molecule has 18 heavy (non-hydrogen) atoms. The molecule has 2 N–H and O–H groups in total. The molecule has 2 nitrogen and oxygen atoms in total. The smallest absolute Gasteiger partial charge is 0.0613 e. The number of hydrogen-bond acceptors (Lipinski definition) is 2. The summed E-state index contributed by atoms with van der Waals surface area (Å²) in [5, 5.41) is 13.5. The van der Waals surface area contributed by atoms with E-state index in [9.17, 15) is 5.11 Å². The van der Waals surface area contributed by atoms with Crippen LogP contribution in [-0.2, 0) is 0 Å². The van der Waals surface area contributed by atoms with Crippen molar-refractivity contribution in [1.29, 1.82) is 0 Å². The molecule has 0 aromatic heterocycles. The third kappa shape index (κ3) is 3.71. The Morgan fingerprint density at radius 2 is 1.50 bits per heavy atom. The fraction of sp³-hybridized carbons (Fsp3) is 1.00. The van der Waals surface area contributed by atoms with E-state index in [0.29, 0.717) is 6.61 Å². The van der Waals surface area contributed by atoms with Gasteiger partial charge in [0.15, 0.2) is 0 Å². The molecule has 0 unspecified atom stereocenters. The van der Waals surface area contributed by atoms with Crippen LogP contribution < -0.4 is 5.32 Å². The molecule has 2 aliphatic carbocycles. The Hall–Kier alpha value is -0.0800. The second-order valence-electron chi connectivity index (χ2n) is 7.13. The van der Waals surface area contributed by atoms with Crippen molar-refractivity contribution < 1.29 is 5.11 Å². The van der Waals surface area contributed by atoms with Crippen molar-refractivity contribution in [1.82, 2.24) is 5.32 Å². The standard InChI is InChI=1S/C16H31NO/c1-13-3-5-15(6-4-13)11-17-16(12-18)9-7-14(2)8-10-16/h13-15,17-18H,3-12H2,1-2H3. The molecule has 2 fully saturated rings. The lowest BCUT2D eigenvalue weighted by atomic mass is 9.76. The number of aliphatic hydroxyl groups is 1. The van der Waals surface area contributed by atoms with Crippen LogP contribution in [0.15, 0.2) is 0 Å². The van der Waals surface area contributed by atoms with Crippen molar-refractivity contribution in [3.8, 4) is 0 Å². The Morgan fingerprint density at radius 3 is 2.06 bits per heavy atom. The fourth-order valence-corrected chi connectivity index (χ4v) is 3.60. The van der Waals surface area contributed by atoms with E-state index in [2.05, 4.69) is 19.2 Å². The van der Waals surface area contributed by atoms with Crippen LogP contribution in [-0.4, -0.2) is 23.8 Å². The van der Waals surface area contributed by atoms with Gasteiger partial charge in [0.25, 0.3) is 0 Å². The van der Waals surface area contributed by atoms with Crippen molar-refractivity contribution in [2.75, 3.05) is 13.2 Å². The third-order valence-corrected chi connectivity index (χ3v) is 5.44. The minimum atomic E-state index is 0.0512. The summed E-state index contributed by atoms with van der Waals surface area (Å²) in [6.07, 6.45) is 10.4. The van der Waals surface area contributed by atoms with E-state index < -0.39 is 0 Å². The maximum Gasteiger partial charge on any atom is 0.0613 e. The Balaban J connectivity index is 1.76. The predicted molar refractivity (Wildman–Crippen MR) is 76.6 cm³/mol. The first kappa shape index (κ1) is 14.3. The summed E-state index contributed by atoms with van der Waals surface area (Å²) < 4.78 is 0. The second-order valence-corrected chi connectivity index (χ2v) is 7.13.